The van der Waals surface area contributed by atoms with E-state index < -0.39 is 0 Å². The van der Waals surface area contributed by atoms with Crippen molar-refractivity contribution in [1.29, 1.82) is 0 Å². The van der Waals surface area contributed by atoms with E-state index in [9.17, 15) is 9.59 Å². The van der Waals surface area contributed by atoms with Crippen molar-refractivity contribution >= 4 is 34.9 Å². The summed E-state index contributed by atoms with van der Waals surface area (Å²) in [5, 5.41) is 14.3. The summed E-state index contributed by atoms with van der Waals surface area (Å²) in [6.45, 7) is 2.44. The molecule has 1 saturated carbocycles. The van der Waals surface area contributed by atoms with Crippen LogP contribution in [-0.4, -0.2) is 32.3 Å². The molecule has 9 heteroatoms. The Morgan fingerprint density at radius 2 is 2.03 bits per heavy atom. The minimum Gasteiger partial charge on any atom is -0.370 e. The third-order valence-corrected chi connectivity index (χ3v) is 7.05. The van der Waals surface area contributed by atoms with Gasteiger partial charge in [-0.25, -0.2) is 0 Å². The van der Waals surface area contributed by atoms with E-state index in [4.69, 9.17) is 5.73 Å². The van der Waals surface area contributed by atoms with Gasteiger partial charge in [-0.2, -0.15) is 0 Å². The maximum absolute atomic E-state index is 12.8. The van der Waals surface area contributed by atoms with Gasteiger partial charge in [0.1, 0.15) is 0 Å². The zero-order chi connectivity index (χ0) is 21.8. The molecule has 1 unspecified atom stereocenters. The van der Waals surface area contributed by atoms with E-state index in [0.29, 0.717) is 23.4 Å². The van der Waals surface area contributed by atoms with Crippen molar-refractivity contribution in [3.63, 3.8) is 0 Å². The Kier molecular flexibility index (Phi) is 6.72. The molecule has 1 atom stereocenters. The molecule has 0 saturated heterocycles. The second kappa shape index (κ2) is 9.65. The summed E-state index contributed by atoms with van der Waals surface area (Å²) in [7, 11) is 0. The molecule has 0 spiro atoms. The van der Waals surface area contributed by atoms with Gasteiger partial charge >= 0.3 is 0 Å². The number of rotatable bonds is 10. The molecule has 2 aromatic heterocycles. The van der Waals surface area contributed by atoms with Gasteiger partial charge in [0.05, 0.1) is 16.7 Å². The number of hydrogen-bond donors (Lipinski definition) is 2. The van der Waals surface area contributed by atoms with E-state index in [2.05, 4.69) is 46.7 Å². The monoisotopic (exact) mass is 455 g/mol. The summed E-state index contributed by atoms with van der Waals surface area (Å²) in [5.41, 5.74) is 7.70. The molecule has 3 N–H and O–H groups in total. The van der Waals surface area contributed by atoms with Crippen LogP contribution in [0.15, 0.2) is 46.9 Å². The van der Waals surface area contributed by atoms with Crippen LogP contribution in [0, 0.1) is 12.8 Å². The van der Waals surface area contributed by atoms with Gasteiger partial charge in [-0.05, 0) is 42.7 Å². The second-order valence-electron chi connectivity index (χ2n) is 7.73. The van der Waals surface area contributed by atoms with Crippen LogP contribution in [0.2, 0.25) is 0 Å². The predicted molar refractivity (Wildman–Crippen MR) is 123 cm³/mol. The van der Waals surface area contributed by atoms with Crippen LogP contribution in [0.4, 0.5) is 0 Å². The third kappa shape index (κ3) is 5.54. The lowest BCUT2D eigenvalue weighted by atomic mass is 10.0. The molecule has 1 aromatic carbocycles. The number of thioether (sulfide) groups is 1. The van der Waals surface area contributed by atoms with E-state index in [1.54, 1.807) is 11.3 Å². The van der Waals surface area contributed by atoms with Crippen molar-refractivity contribution in [3.05, 3.63) is 52.9 Å². The first-order chi connectivity index (χ1) is 15.0. The van der Waals surface area contributed by atoms with Gasteiger partial charge in [0.2, 0.25) is 11.8 Å². The first-order valence-electron chi connectivity index (χ1n) is 10.3. The van der Waals surface area contributed by atoms with Crippen LogP contribution < -0.4 is 11.1 Å². The molecule has 2 amide bonds. The zero-order valence-corrected chi connectivity index (χ0v) is 18.9. The number of aromatic nitrogens is 3. The lowest BCUT2D eigenvalue weighted by Crippen LogP contribution is -2.31. The number of hydrogen-bond acceptors (Lipinski definition) is 6. The molecular weight excluding hydrogens is 430 g/mol. The minimum atomic E-state index is -0.384. The largest absolute Gasteiger partial charge is 0.370 e. The molecule has 3 aromatic rings. The topological polar surface area (TPSA) is 103 Å². The van der Waals surface area contributed by atoms with Gasteiger partial charge < -0.3 is 15.6 Å². The highest BCUT2D eigenvalue weighted by Gasteiger charge is 2.33. The number of nitrogens with one attached hydrogen (secondary N) is 1. The van der Waals surface area contributed by atoms with Gasteiger partial charge in [0.15, 0.2) is 11.0 Å². The summed E-state index contributed by atoms with van der Waals surface area (Å²) in [4.78, 5) is 25.0. The summed E-state index contributed by atoms with van der Waals surface area (Å²) < 4.78 is 1.87. The Morgan fingerprint density at radius 1 is 1.26 bits per heavy atom. The van der Waals surface area contributed by atoms with Crippen molar-refractivity contribution in [2.45, 2.75) is 43.9 Å². The third-order valence-electron chi connectivity index (χ3n) is 5.22. The predicted octanol–water partition coefficient (Wildman–Crippen LogP) is 3.55. The maximum atomic E-state index is 12.8. The molecule has 7 nitrogen and oxygen atoms in total. The average molecular weight is 456 g/mol. The van der Waals surface area contributed by atoms with Crippen LogP contribution in [0.5, 0.6) is 0 Å². The van der Waals surface area contributed by atoms with Gasteiger partial charge in [-0.15, -0.1) is 21.5 Å². The van der Waals surface area contributed by atoms with Crippen molar-refractivity contribution in [3.8, 4) is 10.7 Å². The van der Waals surface area contributed by atoms with E-state index in [1.165, 1.54) is 17.3 Å². The number of carbonyl (C=O) groups is 2. The highest BCUT2D eigenvalue weighted by molar-refractivity contribution is 7.99. The standard InChI is InChI=1S/C22H25N5O2S2/c1-14-4-6-15(7-5-14)20(16-8-9-16)24-19(29)13-31-22-26-25-21(17-3-2-12-30-17)27(22)11-10-18(23)28/h2-7,12,16,20H,8-11,13H2,1H3,(H2,23,28)(H,24,29). The summed E-state index contributed by atoms with van der Waals surface area (Å²) in [6.07, 6.45) is 2.46. The van der Waals surface area contributed by atoms with E-state index in [-0.39, 0.29) is 30.0 Å². The average Bonchev–Trinajstić information content (AvgIpc) is 3.28. The van der Waals surface area contributed by atoms with Crippen LogP contribution in [0.25, 0.3) is 10.7 Å². The van der Waals surface area contributed by atoms with Gasteiger partial charge in [0, 0.05) is 13.0 Å². The van der Waals surface area contributed by atoms with E-state index in [1.807, 2.05) is 22.1 Å². The minimum absolute atomic E-state index is 0.0374. The Labute approximate surface area is 189 Å². The fraction of sp³-hybridized carbons (Fsp3) is 0.364. The number of thiophene rings is 1. The number of nitrogens with two attached hydrogens (primary N) is 1. The summed E-state index contributed by atoms with van der Waals surface area (Å²) in [6, 6.07) is 12.3. The van der Waals surface area contributed by atoms with E-state index in [0.717, 1.165) is 23.3 Å². The van der Waals surface area contributed by atoms with Gasteiger partial charge in [-0.3, -0.25) is 9.59 Å². The van der Waals surface area contributed by atoms with Crippen LogP contribution in [0.1, 0.15) is 36.4 Å². The first-order valence-corrected chi connectivity index (χ1v) is 12.1. The van der Waals surface area contributed by atoms with Crippen molar-refractivity contribution < 1.29 is 9.59 Å². The molecule has 162 valence electrons. The quantitative estimate of drug-likeness (QED) is 0.455. The summed E-state index contributed by atoms with van der Waals surface area (Å²) in [5.74, 6) is 0.999. The SMILES string of the molecule is Cc1ccc(C(NC(=O)CSc2nnc(-c3cccs3)n2CCC(N)=O)C2CC2)cc1. The number of amides is 2. The molecule has 1 aliphatic rings. The van der Waals surface area contributed by atoms with Gasteiger partial charge in [0.25, 0.3) is 0 Å². The molecule has 1 fully saturated rings. The maximum Gasteiger partial charge on any atom is 0.230 e. The Balaban J connectivity index is 1.43. The number of carbonyl (C=O) groups excluding carboxylic acids is 2. The normalized spacial score (nSPS) is 14.4. The zero-order valence-electron chi connectivity index (χ0n) is 17.3. The van der Waals surface area contributed by atoms with E-state index >= 15 is 0 Å². The van der Waals surface area contributed by atoms with Crippen molar-refractivity contribution in [1.82, 2.24) is 20.1 Å². The number of benzene rings is 1. The Bertz CT molecular complexity index is 1040. The molecule has 0 radical (unpaired) electrons. The smallest absolute Gasteiger partial charge is 0.230 e. The fourth-order valence-corrected chi connectivity index (χ4v) is 4.92. The Morgan fingerprint density at radius 3 is 2.68 bits per heavy atom. The lowest BCUT2D eigenvalue weighted by Gasteiger charge is -2.19. The molecule has 2 heterocycles. The highest BCUT2D eigenvalue weighted by atomic mass is 32.2. The number of aryl methyl sites for hydroxylation is 1. The first kappa shape index (κ1) is 21.6. The van der Waals surface area contributed by atoms with Crippen LogP contribution >= 0.6 is 23.1 Å². The second-order valence-corrected chi connectivity index (χ2v) is 9.62. The summed E-state index contributed by atoms with van der Waals surface area (Å²) >= 11 is 2.88. The number of nitrogens with zero attached hydrogens (tertiary/aromatic N) is 3. The fourth-order valence-electron chi connectivity index (χ4n) is 3.43. The number of primary amides is 1. The Hall–Kier alpha value is -2.65. The highest BCUT2D eigenvalue weighted by Crippen LogP contribution is 2.41. The molecule has 4 rings (SSSR count). The van der Waals surface area contributed by atoms with Crippen molar-refractivity contribution in [2.24, 2.45) is 11.7 Å². The van der Waals surface area contributed by atoms with Crippen LogP contribution in [-0.2, 0) is 16.1 Å². The molecule has 1 aliphatic carbocycles. The molecular formula is C22H25N5O2S2. The molecule has 0 aliphatic heterocycles. The lowest BCUT2D eigenvalue weighted by molar-refractivity contribution is -0.119. The van der Waals surface area contributed by atoms with Gasteiger partial charge in [-0.1, -0.05) is 47.7 Å². The molecule has 31 heavy (non-hydrogen) atoms. The van der Waals surface area contributed by atoms with Crippen molar-refractivity contribution in [2.75, 3.05) is 5.75 Å². The van der Waals surface area contributed by atoms with Crippen LogP contribution in [0.3, 0.4) is 0 Å². The molecule has 0 bridgehead atoms.